The zero-order valence-corrected chi connectivity index (χ0v) is 19.2. The Balaban J connectivity index is 1.40. The van der Waals surface area contributed by atoms with Gasteiger partial charge in [0.1, 0.15) is 0 Å². The second-order valence-electron chi connectivity index (χ2n) is 11.6. The number of nitrogens with zero attached hydrogens (tertiary/aromatic N) is 1. The van der Waals surface area contributed by atoms with Gasteiger partial charge in [-0.3, -0.25) is 4.79 Å². The lowest BCUT2D eigenvalue weighted by atomic mass is 9.47. The fourth-order valence-electron chi connectivity index (χ4n) is 8.50. The molecule has 2 N–H and O–H groups in total. The SMILES string of the molecule is Cc1cn(C2CCC3C4C(=O)C=C5CC(N)CCC5(C)C4CCC32C)c2ccccc12. The number of ketones is 1. The first kappa shape index (κ1) is 19.8. The number of fused-ring (bicyclic) bond motifs is 6. The molecule has 4 aliphatic rings. The number of rotatable bonds is 1. The van der Waals surface area contributed by atoms with Crippen LogP contribution in [0.1, 0.15) is 70.4 Å². The highest BCUT2D eigenvalue weighted by Gasteiger charge is 2.61. The summed E-state index contributed by atoms with van der Waals surface area (Å²) in [4.78, 5) is 13.6. The highest BCUT2D eigenvalue weighted by molar-refractivity contribution is 5.94. The molecule has 0 amide bonds. The topological polar surface area (TPSA) is 48.0 Å². The van der Waals surface area contributed by atoms with E-state index in [0.717, 1.165) is 19.3 Å². The standard InChI is InChI=1S/C28H36N2O/c1-17-16-30(23-7-5-4-6-20(17)23)25-9-8-21-26-22(11-13-28(21,25)3)27(2)12-10-19(29)14-18(27)15-24(26)31/h4-7,15-16,19,21-22,25-26H,8-14,29H2,1-3H3. The third-order valence-electron chi connectivity index (χ3n) is 10.2. The van der Waals surface area contributed by atoms with Crippen LogP contribution in [-0.2, 0) is 4.79 Å². The molecular weight excluding hydrogens is 380 g/mol. The quantitative estimate of drug-likeness (QED) is 0.623. The molecule has 0 bridgehead atoms. The zero-order valence-electron chi connectivity index (χ0n) is 19.2. The number of hydrogen-bond donors (Lipinski definition) is 1. The molecule has 1 heterocycles. The molecule has 3 heteroatoms. The van der Waals surface area contributed by atoms with Crippen molar-refractivity contribution in [3.8, 4) is 0 Å². The number of aromatic nitrogens is 1. The molecule has 0 saturated heterocycles. The molecule has 3 fully saturated rings. The van der Waals surface area contributed by atoms with E-state index in [1.807, 2.05) is 0 Å². The molecule has 7 atom stereocenters. The lowest BCUT2D eigenvalue weighted by Gasteiger charge is -2.57. The van der Waals surface area contributed by atoms with Crippen molar-refractivity contribution in [3.05, 3.63) is 47.7 Å². The Hall–Kier alpha value is -1.87. The molecule has 0 spiro atoms. The maximum atomic E-state index is 13.6. The van der Waals surface area contributed by atoms with Crippen LogP contribution < -0.4 is 5.73 Å². The van der Waals surface area contributed by atoms with Gasteiger partial charge < -0.3 is 10.3 Å². The molecule has 1 aromatic carbocycles. The Morgan fingerprint density at radius 3 is 2.68 bits per heavy atom. The van der Waals surface area contributed by atoms with Gasteiger partial charge in [-0.05, 0) is 92.2 Å². The van der Waals surface area contributed by atoms with Crippen LogP contribution in [0.25, 0.3) is 10.9 Å². The summed E-state index contributed by atoms with van der Waals surface area (Å²) in [5.41, 5.74) is 10.8. The van der Waals surface area contributed by atoms with Crippen LogP contribution in [0.15, 0.2) is 42.1 Å². The zero-order chi connectivity index (χ0) is 21.5. The van der Waals surface area contributed by atoms with Gasteiger partial charge in [-0.25, -0.2) is 0 Å². The Morgan fingerprint density at radius 2 is 1.84 bits per heavy atom. The average Bonchev–Trinajstić information content (AvgIpc) is 3.26. The fourth-order valence-corrected chi connectivity index (χ4v) is 8.50. The van der Waals surface area contributed by atoms with Crippen LogP contribution in [-0.4, -0.2) is 16.4 Å². The normalized spacial score (nSPS) is 42.1. The molecule has 3 nitrogen and oxygen atoms in total. The minimum absolute atomic E-state index is 0.185. The van der Waals surface area contributed by atoms with Crippen LogP contribution in [0.2, 0.25) is 0 Å². The highest BCUT2D eigenvalue weighted by atomic mass is 16.1. The smallest absolute Gasteiger partial charge is 0.159 e. The molecule has 2 aromatic rings. The van der Waals surface area contributed by atoms with Crippen molar-refractivity contribution in [2.75, 3.05) is 0 Å². The Morgan fingerprint density at radius 1 is 1.03 bits per heavy atom. The van der Waals surface area contributed by atoms with E-state index in [9.17, 15) is 4.79 Å². The van der Waals surface area contributed by atoms with Gasteiger partial charge in [0.05, 0.1) is 0 Å². The van der Waals surface area contributed by atoms with E-state index in [-0.39, 0.29) is 22.8 Å². The number of allylic oxidation sites excluding steroid dienone is 1. The van der Waals surface area contributed by atoms with Gasteiger partial charge in [-0.1, -0.05) is 37.6 Å². The summed E-state index contributed by atoms with van der Waals surface area (Å²) in [6.07, 6.45) is 12.4. The van der Waals surface area contributed by atoms with Crippen molar-refractivity contribution in [1.82, 2.24) is 4.57 Å². The molecule has 4 aliphatic carbocycles. The van der Waals surface area contributed by atoms with Gasteiger partial charge in [-0.2, -0.15) is 0 Å². The van der Waals surface area contributed by atoms with Crippen molar-refractivity contribution in [2.24, 2.45) is 34.3 Å². The van der Waals surface area contributed by atoms with Crippen LogP contribution in [0, 0.1) is 35.5 Å². The first-order valence-corrected chi connectivity index (χ1v) is 12.4. The second-order valence-corrected chi connectivity index (χ2v) is 11.6. The molecule has 1 aromatic heterocycles. The van der Waals surface area contributed by atoms with E-state index in [0.29, 0.717) is 23.7 Å². The lowest BCUT2D eigenvalue weighted by Crippen LogP contribution is -2.53. The maximum absolute atomic E-state index is 13.6. The number of aryl methyl sites for hydroxylation is 1. The van der Waals surface area contributed by atoms with Crippen molar-refractivity contribution in [2.45, 2.75) is 77.8 Å². The Kier molecular flexibility index (Phi) is 4.19. The minimum Gasteiger partial charge on any atom is -0.344 e. The van der Waals surface area contributed by atoms with Crippen molar-refractivity contribution in [3.63, 3.8) is 0 Å². The van der Waals surface area contributed by atoms with Gasteiger partial charge >= 0.3 is 0 Å². The summed E-state index contributed by atoms with van der Waals surface area (Å²) < 4.78 is 2.57. The Labute approximate surface area is 186 Å². The lowest BCUT2D eigenvalue weighted by molar-refractivity contribution is -0.133. The molecule has 164 valence electrons. The molecule has 6 rings (SSSR count). The number of nitrogens with two attached hydrogens (primary N) is 1. The summed E-state index contributed by atoms with van der Waals surface area (Å²) in [6, 6.07) is 9.55. The van der Waals surface area contributed by atoms with E-state index in [1.54, 1.807) is 0 Å². The fraction of sp³-hybridized carbons (Fsp3) is 0.607. The first-order chi connectivity index (χ1) is 14.8. The number of hydrogen-bond acceptors (Lipinski definition) is 2. The first-order valence-electron chi connectivity index (χ1n) is 12.4. The molecule has 31 heavy (non-hydrogen) atoms. The van der Waals surface area contributed by atoms with E-state index >= 15 is 0 Å². The number of carbonyl (C=O) groups excluding carboxylic acids is 1. The number of para-hydroxylation sites is 1. The van der Waals surface area contributed by atoms with Gasteiger partial charge in [0.15, 0.2) is 5.78 Å². The third kappa shape index (κ3) is 2.59. The van der Waals surface area contributed by atoms with E-state index < -0.39 is 0 Å². The van der Waals surface area contributed by atoms with Gasteiger partial charge in [-0.15, -0.1) is 0 Å². The van der Waals surface area contributed by atoms with Crippen LogP contribution in [0.5, 0.6) is 0 Å². The summed E-state index contributed by atoms with van der Waals surface area (Å²) in [5, 5.41) is 1.37. The van der Waals surface area contributed by atoms with Crippen molar-refractivity contribution >= 4 is 16.7 Å². The minimum atomic E-state index is 0.185. The summed E-state index contributed by atoms with van der Waals surface area (Å²) in [5.74, 6) is 1.62. The monoisotopic (exact) mass is 416 g/mol. The van der Waals surface area contributed by atoms with Crippen LogP contribution in [0.4, 0.5) is 0 Å². The van der Waals surface area contributed by atoms with Crippen LogP contribution in [0.3, 0.4) is 0 Å². The third-order valence-corrected chi connectivity index (χ3v) is 10.2. The van der Waals surface area contributed by atoms with Crippen LogP contribution >= 0.6 is 0 Å². The average molecular weight is 417 g/mol. The molecular formula is C28H36N2O. The van der Waals surface area contributed by atoms with E-state index in [1.165, 1.54) is 47.7 Å². The second kappa shape index (κ2) is 6.57. The van der Waals surface area contributed by atoms with Gasteiger partial charge in [0, 0.05) is 35.1 Å². The predicted octanol–water partition coefficient (Wildman–Crippen LogP) is 5.96. The van der Waals surface area contributed by atoms with E-state index in [4.69, 9.17) is 5.73 Å². The molecule has 0 radical (unpaired) electrons. The summed E-state index contributed by atoms with van der Waals surface area (Å²) in [7, 11) is 0. The molecule has 3 saturated carbocycles. The number of carbonyl (C=O) groups is 1. The summed E-state index contributed by atoms with van der Waals surface area (Å²) >= 11 is 0. The van der Waals surface area contributed by atoms with Gasteiger partial charge in [0.2, 0.25) is 0 Å². The Bertz CT molecular complexity index is 1100. The highest BCUT2D eigenvalue weighted by Crippen LogP contribution is 2.66. The number of benzene rings is 1. The van der Waals surface area contributed by atoms with E-state index in [2.05, 4.69) is 61.9 Å². The van der Waals surface area contributed by atoms with Crippen molar-refractivity contribution in [1.29, 1.82) is 0 Å². The summed E-state index contributed by atoms with van der Waals surface area (Å²) in [6.45, 7) is 7.18. The van der Waals surface area contributed by atoms with Gasteiger partial charge in [0.25, 0.3) is 0 Å². The van der Waals surface area contributed by atoms with Crippen molar-refractivity contribution < 1.29 is 4.79 Å². The largest absolute Gasteiger partial charge is 0.344 e. The maximum Gasteiger partial charge on any atom is 0.159 e. The molecule has 0 aliphatic heterocycles. The predicted molar refractivity (Wildman–Crippen MR) is 126 cm³/mol. The molecule has 7 unspecified atom stereocenters.